The summed E-state index contributed by atoms with van der Waals surface area (Å²) in [5.41, 5.74) is 0.0271. The van der Waals surface area contributed by atoms with Gasteiger partial charge in [-0.3, -0.25) is 4.79 Å². The normalized spacial score (nSPS) is 19.0. The van der Waals surface area contributed by atoms with Crippen LogP contribution in [0.25, 0.3) is 0 Å². The lowest BCUT2D eigenvalue weighted by molar-refractivity contribution is 0.398. The van der Waals surface area contributed by atoms with Crippen molar-refractivity contribution in [1.82, 2.24) is 14.9 Å². The predicted octanol–water partition coefficient (Wildman–Crippen LogP) is 1.62. The van der Waals surface area contributed by atoms with Gasteiger partial charge in [-0.25, -0.2) is 4.98 Å². The lowest BCUT2D eigenvalue weighted by Crippen LogP contribution is -2.46. The van der Waals surface area contributed by atoms with Crippen molar-refractivity contribution in [3.63, 3.8) is 0 Å². The van der Waals surface area contributed by atoms with Gasteiger partial charge in [-0.1, -0.05) is 13.3 Å². The molecule has 0 amide bonds. The first-order valence-corrected chi connectivity index (χ1v) is 7.80. The van der Waals surface area contributed by atoms with Gasteiger partial charge in [-0.05, 0) is 32.7 Å². The van der Waals surface area contributed by atoms with Gasteiger partial charge in [0.2, 0.25) is 0 Å². The smallest absolute Gasteiger partial charge is 0.293 e. The van der Waals surface area contributed by atoms with Crippen molar-refractivity contribution in [2.24, 2.45) is 0 Å². The first kappa shape index (κ1) is 15.0. The number of aromatic nitrogens is 2. The van der Waals surface area contributed by atoms with Gasteiger partial charge in [0, 0.05) is 38.1 Å². The lowest BCUT2D eigenvalue weighted by atomic mass is 10.0. The molecule has 0 bridgehead atoms. The Hall–Kier alpha value is -1.36. The van der Waals surface area contributed by atoms with E-state index in [4.69, 9.17) is 0 Å². The molecule has 1 fully saturated rings. The van der Waals surface area contributed by atoms with Crippen molar-refractivity contribution in [2.75, 3.05) is 24.5 Å². The number of hydrogen-bond donors (Lipinski definition) is 1. The van der Waals surface area contributed by atoms with E-state index in [1.54, 1.807) is 17.0 Å². The van der Waals surface area contributed by atoms with E-state index in [2.05, 4.69) is 22.1 Å². The molecular weight excluding hydrogens is 252 g/mol. The summed E-state index contributed by atoms with van der Waals surface area (Å²) in [7, 11) is 0. The SMILES string of the molecule is CCCN(CC1CCCCN1)c1nccn(CC)c1=O. The van der Waals surface area contributed by atoms with E-state index < -0.39 is 0 Å². The molecule has 1 N–H and O–H groups in total. The number of hydrogen-bond acceptors (Lipinski definition) is 4. The highest BCUT2D eigenvalue weighted by molar-refractivity contribution is 5.36. The van der Waals surface area contributed by atoms with E-state index in [0.29, 0.717) is 18.4 Å². The molecule has 2 rings (SSSR count). The van der Waals surface area contributed by atoms with Gasteiger partial charge in [0.1, 0.15) is 0 Å². The van der Waals surface area contributed by atoms with Crippen LogP contribution in [0.1, 0.15) is 39.5 Å². The zero-order valence-corrected chi connectivity index (χ0v) is 12.6. The molecule has 1 aromatic heterocycles. The van der Waals surface area contributed by atoms with Crippen LogP contribution in [0.3, 0.4) is 0 Å². The van der Waals surface area contributed by atoms with E-state index in [-0.39, 0.29) is 5.56 Å². The molecule has 5 heteroatoms. The van der Waals surface area contributed by atoms with Crippen molar-refractivity contribution in [1.29, 1.82) is 0 Å². The fourth-order valence-electron chi connectivity index (χ4n) is 2.80. The fourth-order valence-corrected chi connectivity index (χ4v) is 2.80. The summed E-state index contributed by atoms with van der Waals surface area (Å²) in [6.07, 6.45) is 8.24. The van der Waals surface area contributed by atoms with Crippen LogP contribution < -0.4 is 15.8 Å². The maximum absolute atomic E-state index is 12.4. The van der Waals surface area contributed by atoms with E-state index in [1.807, 2.05) is 6.92 Å². The molecule has 0 aromatic carbocycles. The summed E-state index contributed by atoms with van der Waals surface area (Å²) >= 11 is 0. The van der Waals surface area contributed by atoms with Gasteiger partial charge in [0.15, 0.2) is 5.82 Å². The topological polar surface area (TPSA) is 50.2 Å². The molecule has 1 aromatic rings. The van der Waals surface area contributed by atoms with Crippen LogP contribution in [0.4, 0.5) is 5.82 Å². The van der Waals surface area contributed by atoms with Crippen LogP contribution in [-0.4, -0.2) is 35.2 Å². The monoisotopic (exact) mass is 278 g/mol. The second-order valence-electron chi connectivity index (χ2n) is 5.43. The van der Waals surface area contributed by atoms with Crippen molar-refractivity contribution < 1.29 is 0 Å². The Labute approximate surface area is 121 Å². The quantitative estimate of drug-likeness (QED) is 0.859. The van der Waals surface area contributed by atoms with Crippen LogP contribution in [0, 0.1) is 0 Å². The number of rotatable bonds is 6. The standard InChI is InChI=1S/C15H26N4O/c1-3-10-19(12-13-7-5-6-8-16-13)14-15(20)18(4-2)11-9-17-14/h9,11,13,16H,3-8,10,12H2,1-2H3. The third-order valence-corrected chi connectivity index (χ3v) is 3.88. The first-order valence-electron chi connectivity index (χ1n) is 7.80. The molecule has 0 spiro atoms. The van der Waals surface area contributed by atoms with E-state index in [0.717, 1.165) is 26.1 Å². The summed E-state index contributed by atoms with van der Waals surface area (Å²) in [5.74, 6) is 0.601. The molecule has 5 nitrogen and oxygen atoms in total. The minimum atomic E-state index is 0.0271. The molecule has 1 atom stereocenters. The largest absolute Gasteiger partial charge is 0.350 e. The van der Waals surface area contributed by atoms with Gasteiger partial charge in [0.25, 0.3) is 5.56 Å². The molecular formula is C15H26N4O. The number of piperidine rings is 1. The molecule has 1 unspecified atom stereocenters. The Bertz CT molecular complexity index is 465. The van der Waals surface area contributed by atoms with E-state index in [9.17, 15) is 4.79 Å². The molecule has 112 valence electrons. The van der Waals surface area contributed by atoms with Gasteiger partial charge in [0.05, 0.1) is 0 Å². The molecule has 0 aliphatic carbocycles. The lowest BCUT2D eigenvalue weighted by Gasteiger charge is -2.31. The number of nitrogens with zero attached hydrogens (tertiary/aromatic N) is 3. The highest BCUT2D eigenvalue weighted by Gasteiger charge is 2.19. The van der Waals surface area contributed by atoms with Gasteiger partial charge in [-0.2, -0.15) is 0 Å². The predicted molar refractivity (Wildman–Crippen MR) is 82.3 cm³/mol. The summed E-state index contributed by atoms with van der Waals surface area (Å²) in [6.45, 7) is 7.67. The minimum absolute atomic E-state index is 0.0271. The van der Waals surface area contributed by atoms with Gasteiger partial charge in [-0.15, -0.1) is 0 Å². The maximum Gasteiger partial charge on any atom is 0.293 e. The van der Waals surface area contributed by atoms with Crippen LogP contribution in [0.2, 0.25) is 0 Å². The van der Waals surface area contributed by atoms with Crippen molar-refractivity contribution >= 4 is 5.82 Å². The maximum atomic E-state index is 12.4. The summed E-state index contributed by atoms with van der Waals surface area (Å²) in [5, 5.41) is 3.55. The molecule has 0 radical (unpaired) electrons. The van der Waals surface area contributed by atoms with Crippen LogP contribution in [-0.2, 0) is 6.54 Å². The molecule has 0 saturated carbocycles. The average molecular weight is 278 g/mol. The van der Waals surface area contributed by atoms with E-state index in [1.165, 1.54) is 19.3 Å². The van der Waals surface area contributed by atoms with Crippen LogP contribution >= 0.6 is 0 Å². The van der Waals surface area contributed by atoms with Gasteiger partial charge >= 0.3 is 0 Å². The van der Waals surface area contributed by atoms with Crippen LogP contribution in [0.5, 0.6) is 0 Å². The fraction of sp³-hybridized carbons (Fsp3) is 0.733. The Balaban J connectivity index is 2.17. The van der Waals surface area contributed by atoms with Gasteiger partial charge < -0.3 is 14.8 Å². The second kappa shape index (κ2) is 7.43. The number of nitrogens with one attached hydrogen (secondary N) is 1. The second-order valence-corrected chi connectivity index (χ2v) is 5.43. The Morgan fingerprint density at radius 3 is 2.95 bits per heavy atom. The molecule has 20 heavy (non-hydrogen) atoms. The Morgan fingerprint density at radius 2 is 2.30 bits per heavy atom. The number of aryl methyl sites for hydroxylation is 1. The minimum Gasteiger partial charge on any atom is -0.350 e. The summed E-state index contributed by atoms with van der Waals surface area (Å²) < 4.78 is 1.72. The molecule has 1 aliphatic rings. The summed E-state index contributed by atoms with van der Waals surface area (Å²) in [4.78, 5) is 18.9. The third-order valence-electron chi connectivity index (χ3n) is 3.88. The first-order chi connectivity index (χ1) is 9.76. The zero-order chi connectivity index (χ0) is 14.4. The van der Waals surface area contributed by atoms with Crippen LogP contribution in [0.15, 0.2) is 17.2 Å². The van der Waals surface area contributed by atoms with Crippen molar-refractivity contribution in [3.8, 4) is 0 Å². The average Bonchev–Trinajstić information content (AvgIpc) is 2.48. The Morgan fingerprint density at radius 1 is 1.45 bits per heavy atom. The summed E-state index contributed by atoms with van der Waals surface area (Å²) in [6, 6.07) is 0.479. The Kier molecular flexibility index (Phi) is 5.59. The molecule has 1 aliphatic heterocycles. The molecule has 2 heterocycles. The van der Waals surface area contributed by atoms with E-state index >= 15 is 0 Å². The third kappa shape index (κ3) is 3.60. The van der Waals surface area contributed by atoms with Crippen molar-refractivity contribution in [3.05, 3.63) is 22.7 Å². The highest BCUT2D eigenvalue weighted by Crippen LogP contribution is 2.12. The number of anilines is 1. The molecule has 1 saturated heterocycles. The van der Waals surface area contributed by atoms with Crippen molar-refractivity contribution in [2.45, 2.75) is 52.1 Å². The zero-order valence-electron chi connectivity index (χ0n) is 12.6. The highest BCUT2D eigenvalue weighted by atomic mass is 16.1.